The number of ether oxygens (including phenoxy) is 2. The molecule has 60 heavy (non-hydrogen) atoms. The van der Waals surface area contributed by atoms with Crippen LogP contribution in [0.1, 0.15) is 77.1 Å². The molecule has 308 valence electrons. The Labute approximate surface area is 354 Å². The molecular formula is C39H34Cl3N11O7. The van der Waals surface area contributed by atoms with Crippen LogP contribution in [0.15, 0.2) is 79.8 Å². The quantitative estimate of drug-likeness (QED) is 0.180. The van der Waals surface area contributed by atoms with E-state index in [1.807, 2.05) is 48.5 Å². The molecule has 0 N–H and O–H groups in total. The lowest BCUT2D eigenvalue weighted by Gasteiger charge is -2.10. The first-order chi connectivity index (χ1) is 29.0. The van der Waals surface area contributed by atoms with Crippen molar-refractivity contribution in [1.29, 1.82) is 0 Å². The molecule has 0 spiro atoms. The fourth-order valence-electron chi connectivity index (χ4n) is 7.41. The van der Waals surface area contributed by atoms with E-state index in [1.165, 1.54) is 31.3 Å². The number of aromatic nitrogens is 10. The predicted molar refractivity (Wildman–Crippen MR) is 215 cm³/mol. The van der Waals surface area contributed by atoms with Gasteiger partial charge in [-0.25, -0.2) is 9.97 Å². The Morgan fingerprint density at radius 2 is 1.20 bits per heavy atom. The van der Waals surface area contributed by atoms with Crippen molar-refractivity contribution in [2.45, 2.75) is 56.4 Å². The maximum absolute atomic E-state index is 12.7. The summed E-state index contributed by atoms with van der Waals surface area (Å²) in [5, 5.41) is 9.74. The average Bonchev–Trinajstić information content (AvgIpc) is 4.11. The Kier molecular flexibility index (Phi) is 10.8. The number of fused-ring (bicyclic) bond motifs is 2. The number of halogens is 3. The third kappa shape index (κ3) is 7.83. The first kappa shape index (κ1) is 39.7. The van der Waals surface area contributed by atoms with Crippen LogP contribution in [0, 0.1) is 0 Å². The summed E-state index contributed by atoms with van der Waals surface area (Å²) in [7, 11) is 3.23. The highest BCUT2D eigenvalue weighted by Gasteiger charge is 2.33. The van der Waals surface area contributed by atoms with E-state index >= 15 is 0 Å². The lowest BCUT2D eigenvalue weighted by Crippen LogP contribution is -2.30. The van der Waals surface area contributed by atoms with Crippen LogP contribution in [0.5, 0.6) is 0 Å². The molecule has 8 heterocycles. The minimum absolute atomic E-state index is 0.00167. The van der Waals surface area contributed by atoms with Crippen LogP contribution < -0.4 is 16.0 Å². The number of carbonyl (C=O) groups excluding carboxylic acids is 1. The lowest BCUT2D eigenvalue weighted by molar-refractivity contribution is -0.117. The molecule has 0 aliphatic carbocycles. The number of hydrogen-bond acceptors (Lipinski definition) is 14. The van der Waals surface area contributed by atoms with Crippen LogP contribution in [0.4, 0.5) is 5.69 Å². The van der Waals surface area contributed by atoms with Crippen molar-refractivity contribution < 1.29 is 23.3 Å². The number of imidazole rings is 1. The summed E-state index contributed by atoms with van der Waals surface area (Å²) < 4.78 is 26.8. The zero-order chi connectivity index (χ0) is 41.7. The van der Waals surface area contributed by atoms with Crippen LogP contribution in [0.25, 0.3) is 11.2 Å². The third-order valence-corrected chi connectivity index (χ3v) is 11.6. The number of likely N-dealkylation sites (N-methyl/N-ethyl adjacent to an activating group) is 1. The van der Waals surface area contributed by atoms with E-state index in [2.05, 4.69) is 35.2 Å². The van der Waals surface area contributed by atoms with Crippen LogP contribution in [-0.2, 0) is 40.8 Å². The molecule has 0 bridgehead atoms. The molecular weight excluding hydrogens is 841 g/mol. The van der Waals surface area contributed by atoms with Crippen molar-refractivity contribution in [3.05, 3.63) is 137 Å². The third-order valence-electron chi connectivity index (χ3n) is 10.7. The zero-order valence-corrected chi connectivity index (χ0v) is 34.2. The van der Waals surface area contributed by atoms with E-state index < -0.39 is 0 Å². The number of amides is 1. The van der Waals surface area contributed by atoms with Gasteiger partial charge in [-0.05, 0) is 59.8 Å². The molecule has 18 nitrogen and oxygen atoms in total. The molecule has 0 saturated carbocycles. The number of benzene rings is 2. The molecule has 4 atom stereocenters. The SMILES string of the molecule is CN1C(=O)Cc2ncn(Cc3nc([C@@H]4CO[C@@H](c5ccc(Cl)cc5)C4)no3)c(=O)c21.Cn1c(Cl)nc2ncn(Cc3nc([C@@H]4CO[C@@H](c5ccc(Cl)cc5)C4)no3)c(=O)c21. The Hall–Kier alpha value is -5.79. The van der Waals surface area contributed by atoms with E-state index in [1.54, 1.807) is 14.1 Å². The van der Waals surface area contributed by atoms with Gasteiger partial charge in [0.05, 0.1) is 43.9 Å². The summed E-state index contributed by atoms with van der Waals surface area (Å²) in [6.45, 7) is 1.17. The summed E-state index contributed by atoms with van der Waals surface area (Å²) in [6, 6.07) is 15.2. The van der Waals surface area contributed by atoms with Gasteiger partial charge in [0.25, 0.3) is 11.1 Å². The molecule has 1 amide bonds. The van der Waals surface area contributed by atoms with Crippen molar-refractivity contribution in [3.63, 3.8) is 0 Å². The van der Waals surface area contributed by atoms with Gasteiger partial charge in [-0.15, -0.1) is 0 Å². The summed E-state index contributed by atoms with van der Waals surface area (Å²) in [6.07, 6.45) is 4.32. The van der Waals surface area contributed by atoms with E-state index in [4.69, 9.17) is 53.3 Å². The molecule has 7 aromatic rings. The van der Waals surface area contributed by atoms with Crippen LogP contribution in [0.2, 0.25) is 15.3 Å². The highest BCUT2D eigenvalue weighted by molar-refractivity contribution is 6.31. The number of hydrogen-bond donors (Lipinski definition) is 0. The second kappa shape index (κ2) is 16.3. The van der Waals surface area contributed by atoms with Crippen molar-refractivity contribution in [2.24, 2.45) is 7.05 Å². The highest BCUT2D eigenvalue weighted by atomic mass is 35.5. The Morgan fingerprint density at radius 3 is 1.75 bits per heavy atom. The van der Waals surface area contributed by atoms with Gasteiger partial charge in [-0.2, -0.15) is 15.0 Å². The predicted octanol–water partition coefficient (Wildman–Crippen LogP) is 5.21. The number of rotatable bonds is 8. The second-order valence-corrected chi connectivity index (χ2v) is 15.8. The molecule has 0 unspecified atom stereocenters. The van der Waals surface area contributed by atoms with Gasteiger partial charge in [0.2, 0.25) is 23.0 Å². The molecule has 0 radical (unpaired) electrons. The van der Waals surface area contributed by atoms with Gasteiger partial charge in [-0.3, -0.25) is 23.5 Å². The van der Waals surface area contributed by atoms with Crippen molar-refractivity contribution in [3.8, 4) is 0 Å². The molecule has 21 heteroatoms. The zero-order valence-electron chi connectivity index (χ0n) is 31.9. The van der Waals surface area contributed by atoms with Crippen molar-refractivity contribution in [1.82, 2.24) is 48.9 Å². The Morgan fingerprint density at radius 1 is 0.683 bits per heavy atom. The standard InChI is InChI=1S/C20H18ClN5O4.C19H16Cl2N6O3/c1-25-17(27)7-14-18(25)20(28)26(10-22-14)8-16-23-19(24-30-16)12-6-15(29-9-12)11-2-4-13(21)5-3-11;1-26-15-17(24-19(26)21)22-9-27(18(15)28)7-14-23-16(25-30-14)11-6-13(29-8-11)10-2-4-12(20)5-3-10/h2-5,10,12,15H,6-9H2,1H3;2-5,9,11,13H,6-8H2,1H3/t12-,15+;11-,13+/m00/s1. The largest absolute Gasteiger partial charge is 0.373 e. The van der Waals surface area contributed by atoms with Gasteiger partial charge >= 0.3 is 0 Å². The summed E-state index contributed by atoms with van der Waals surface area (Å²) in [5.41, 5.74) is 2.94. The average molecular weight is 875 g/mol. The monoisotopic (exact) mass is 873 g/mol. The maximum atomic E-state index is 12.7. The van der Waals surface area contributed by atoms with Crippen LogP contribution >= 0.6 is 34.8 Å². The van der Waals surface area contributed by atoms with Gasteiger partial charge in [-0.1, -0.05) is 57.8 Å². The highest BCUT2D eigenvalue weighted by Crippen LogP contribution is 2.38. The molecule has 2 fully saturated rings. The molecule has 2 aromatic carbocycles. The van der Waals surface area contributed by atoms with Crippen molar-refractivity contribution in [2.75, 3.05) is 25.2 Å². The maximum Gasteiger partial charge on any atom is 0.280 e. The minimum Gasteiger partial charge on any atom is -0.373 e. The van der Waals surface area contributed by atoms with Gasteiger partial charge < -0.3 is 28.0 Å². The van der Waals surface area contributed by atoms with E-state index in [-0.39, 0.29) is 65.9 Å². The van der Waals surface area contributed by atoms with Crippen molar-refractivity contribution >= 4 is 57.6 Å². The summed E-state index contributed by atoms with van der Waals surface area (Å²) in [5.74, 6) is 1.59. The number of nitrogens with zero attached hydrogens (tertiary/aromatic N) is 11. The van der Waals surface area contributed by atoms with Crippen LogP contribution in [0.3, 0.4) is 0 Å². The molecule has 3 aliphatic heterocycles. The Bertz CT molecular complexity index is 2840. The molecule has 5 aromatic heterocycles. The molecule has 3 aliphatic rings. The van der Waals surface area contributed by atoms with Gasteiger partial charge in [0.15, 0.2) is 22.8 Å². The topological polar surface area (TPSA) is 204 Å². The second-order valence-electron chi connectivity index (χ2n) is 14.6. The lowest BCUT2D eigenvalue weighted by atomic mass is 10.0. The number of anilines is 1. The number of carbonyl (C=O) groups is 1. The molecule has 10 rings (SSSR count). The fourth-order valence-corrected chi connectivity index (χ4v) is 7.83. The van der Waals surface area contributed by atoms with Gasteiger partial charge in [0.1, 0.15) is 25.1 Å². The van der Waals surface area contributed by atoms with E-state index in [0.717, 1.165) is 24.0 Å². The Balaban J connectivity index is 0.000000154. The number of aryl methyl sites for hydroxylation is 1. The van der Waals surface area contributed by atoms with E-state index in [9.17, 15) is 14.4 Å². The first-order valence-corrected chi connectivity index (χ1v) is 19.9. The van der Waals surface area contributed by atoms with E-state index in [0.29, 0.717) is 69.2 Å². The summed E-state index contributed by atoms with van der Waals surface area (Å²) in [4.78, 5) is 60.0. The minimum atomic E-state index is -0.305. The summed E-state index contributed by atoms with van der Waals surface area (Å²) >= 11 is 17.9. The normalized spacial score (nSPS) is 19.9. The van der Waals surface area contributed by atoms with Gasteiger partial charge in [0, 0.05) is 36.0 Å². The smallest absolute Gasteiger partial charge is 0.280 e. The first-order valence-electron chi connectivity index (χ1n) is 18.8. The molecule has 2 saturated heterocycles. The fraction of sp³-hybridized carbons (Fsp3) is 0.333. The van der Waals surface area contributed by atoms with Crippen LogP contribution in [-0.4, -0.2) is 75.1 Å².